The van der Waals surface area contributed by atoms with Crippen molar-refractivity contribution in [2.75, 3.05) is 27.2 Å². The Kier molecular flexibility index (Phi) is 8.31. The zero-order valence-corrected chi connectivity index (χ0v) is 22.0. The predicted molar refractivity (Wildman–Crippen MR) is 146 cm³/mol. The molecule has 4 rings (SSSR count). The molecular weight excluding hydrogens is 488 g/mol. The van der Waals surface area contributed by atoms with E-state index in [4.69, 9.17) is 16.3 Å². The maximum Gasteiger partial charge on any atom is 0.295 e. The van der Waals surface area contributed by atoms with Gasteiger partial charge in [0.1, 0.15) is 18.1 Å². The Hall–Kier alpha value is -3.61. The van der Waals surface area contributed by atoms with Crippen molar-refractivity contribution in [3.8, 4) is 5.75 Å². The summed E-state index contributed by atoms with van der Waals surface area (Å²) in [5, 5.41) is 11.8. The number of ether oxygens (including phenoxy) is 1. The second-order valence-corrected chi connectivity index (χ2v) is 9.94. The first-order valence-electron chi connectivity index (χ1n) is 12.2. The van der Waals surface area contributed by atoms with Gasteiger partial charge in [-0.1, -0.05) is 53.6 Å². The largest absolute Gasteiger partial charge is 0.507 e. The van der Waals surface area contributed by atoms with Crippen LogP contribution in [0.1, 0.15) is 34.7 Å². The van der Waals surface area contributed by atoms with Crippen molar-refractivity contribution in [3.05, 3.63) is 106 Å². The third-order valence-electron chi connectivity index (χ3n) is 6.35. The number of ketones is 1. The second kappa shape index (κ2) is 11.6. The van der Waals surface area contributed by atoms with Gasteiger partial charge in [0, 0.05) is 17.1 Å². The van der Waals surface area contributed by atoms with Crippen LogP contribution >= 0.6 is 11.6 Å². The lowest BCUT2D eigenvalue weighted by atomic mass is 9.95. The number of carbonyl (C=O) groups excluding carboxylic acids is 2. The molecule has 7 heteroatoms. The molecule has 0 radical (unpaired) electrons. The van der Waals surface area contributed by atoms with Crippen molar-refractivity contribution in [2.24, 2.45) is 0 Å². The summed E-state index contributed by atoms with van der Waals surface area (Å²) in [6.07, 6.45) is 0.692. The van der Waals surface area contributed by atoms with Crippen LogP contribution in [0.2, 0.25) is 5.02 Å². The Morgan fingerprint density at radius 2 is 1.73 bits per heavy atom. The Morgan fingerprint density at radius 3 is 2.38 bits per heavy atom. The van der Waals surface area contributed by atoms with E-state index in [2.05, 4.69) is 6.07 Å². The Morgan fingerprint density at radius 1 is 1.03 bits per heavy atom. The van der Waals surface area contributed by atoms with Crippen LogP contribution in [-0.4, -0.2) is 53.8 Å². The van der Waals surface area contributed by atoms with Crippen LogP contribution in [0.4, 0.5) is 0 Å². The average molecular weight is 519 g/mol. The van der Waals surface area contributed by atoms with Crippen molar-refractivity contribution < 1.29 is 19.4 Å². The smallest absolute Gasteiger partial charge is 0.295 e. The number of amides is 1. The van der Waals surface area contributed by atoms with Gasteiger partial charge in [-0.3, -0.25) is 9.59 Å². The molecule has 0 aromatic heterocycles. The number of nitrogens with zero attached hydrogens (tertiary/aromatic N) is 2. The minimum absolute atomic E-state index is 0.0746. The highest BCUT2D eigenvalue weighted by Crippen LogP contribution is 2.40. The van der Waals surface area contributed by atoms with E-state index >= 15 is 0 Å². The van der Waals surface area contributed by atoms with Crippen molar-refractivity contribution in [2.45, 2.75) is 26.0 Å². The van der Waals surface area contributed by atoms with E-state index < -0.39 is 17.7 Å². The Labute approximate surface area is 222 Å². The van der Waals surface area contributed by atoms with Crippen LogP contribution in [0.25, 0.3) is 5.76 Å². The number of Topliss-reactive ketones (excluding diaryl/α,β-unsaturated/α-hetero) is 1. The third kappa shape index (κ3) is 6.21. The third-order valence-corrected chi connectivity index (χ3v) is 6.60. The van der Waals surface area contributed by atoms with Gasteiger partial charge in [-0.15, -0.1) is 0 Å². The van der Waals surface area contributed by atoms with Crippen molar-refractivity contribution in [1.82, 2.24) is 9.80 Å². The molecule has 0 saturated carbocycles. The van der Waals surface area contributed by atoms with Gasteiger partial charge in [-0.05, 0) is 81.5 Å². The van der Waals surface area contributed by atoms with Gasteiger partial charge < -0.3 is 19.6 Å². The van der Waals surface area contributed by atoms with E-state index in [1.165, 1.54) is 0 Å². The van der Waals surface area contributed by atoms with Crippen LogP contribution < -0.4 is 4.74 Å². The molecule has 1 aliphatic heterocycles. The van der Waals surface area contributed by atoms with Gasteiger partial charge in [-0.25, -0.2) is 0 Å². The molecule has 1 atom stereocenters. The molecule has 1 fully saturated rings. The topological polar surface area (TPSA) is 70.1 Å². The maximum absolute atomic E-state index is 13.2. The van der Waals surface area contributed by atoms with Gasteiger partial charge in [0.2, 0.25) is 0 Å². The highest BCUT2D eigenvalue weighted by molar-refractivity contribution is 6.46. The Bertz CT molecular complexity index is 1300. The lowest BCUT2D eigenvalue weighted by Gasteiger charge is -2.26. The minimum Gasteiger partial charge on any atom is -0.507 e. The summed E-state index contributed by atoms with van der Waals surface area (Å²) < 4.78 is 5.88. The number of aliphatic hydroxyl groups excluding tert-OH is 1. The lowest BCUT2D eigenvalue weighted by Crippen LogP contribution is -2.32. The van der Waals surface area contributed by atoms with E-state index in [0.29, 0.717) is 41.5 Å². The average Bonchev–Trinajstić information content (AvgIpc) is 3.13. The molecular formula is C30H31ClN2O4. The van der Waals surface area contributed by atoms with Crippen LogP contribution in [-0.2, 0) is 16.2 Å². The summed E-state index contributed by atoms with van der Waals surface area (Å²) >= 11 is 6.09. The van der Waals surface area contributed by atoms with Gasteiger partial charge in [0.15, 0.2) is 0 Å². The summed E-state index contributed by atoms with van der Waals surface area (Å²) in [5.41, 5.74) is 3.45. The summed E-state index contributed by atoms with van der Waals surface area (Å²) in [6, 6.07) is 21.3. The summed E-state index contributed by atoms with van der Waals surface area (Å²) in [7, 11) is 3.91. The van der Waals surface area contributed by atoms with Gasteiger partial charge in [0.05, 0.1) is 11.6 Å². The van der Waals surface area contributed by atoms with E-state index in [0.717, 1.165) is 17.7 Å². The van der Waals surface area contributed by atoms with Crippen molar-refractivity contribution >= 4 is 29.1 Å². The van der Waals surface area contributed by atoms with Gasteiger partial charge in [-0.2, -0.15) is 0 Å². The number of hydrogen-bond acceptors (Lipinski definition) is 5. The fourth-order valence-corrected chi connectivity index (χ4v) is 4.62. The van der Waals surface area contributed by atoms with Crippen LogP contribution in [0.5, 0.6) is 5.75 Å². The fraction of sp³-hybridized carbons (Fsp3) is 0.267. The van der Waals surface area contributed by atoms with E-state index in [9.17, 15) is 14.7 Å². The van der Waals surface area contributed by atoms with Crippen molar-refractivity contribution in [1.29, 1.82) is 0 Å². The number of halogens is 1. The SMILES string of the molecule is Cc1cccc(COc2ccc(C(O)=C3C(=O)C(=O)N(CCCN(C)C)[C@@H]3c3ccc(Cl)cc3)cc2)c1. The second-order valence-electron chi connectivity index (χ2n) is 9.50. The number of hydrogen-bond donors (Lipinski definition) is 1. The van der Waals surface area contributed by atoms with Crippen molar-refractivity contribution in [3.63, 3.8) is 0 Å². The number of aryl methyl sites for hydroxylation is 1. The zero-order chi connectivity index (χ0) is 26.5. The molecule has 37 heavy (non-hydrogen) atoms. The maximum atomic E-state index is 13.2. The molecule has 6 nitrogen and oxygen atoms in total. The standard InChI is InChI=1S/C30H31ClN2O4/c1-20-6-4-7-21(18-20)19-37-25-14-10-23(11-15-25)28(34)26-27(22-8-12-24(31)13-9-22)33(30(36)29(26)35)17-5-16-32(2)3/h4,6-15,18,27,34H,5,16-17,19H2,1-3H3/t27-/m1/s1. The van der Waals surface area contributed by atoms with E-state index in [1.54, 1.807) is 53.4 Å². The normalized spacial score (nSPS) is 17.0. The first kappa shape index (κ1) is 26.5. The van der Waals surface area contributed by atoms with Gasteiger partial charge in [0.25, 0.3) is 11.7 Å². The summed E-state index contributed by atoms with van der Waals surface area (Å²) in [4.78, 5) is 29.8. The highest BCUT2D eigenvalue weighted by atomic mass is 35.5. The molecule has 1 aliphatic rings. The number of aliphatic hydroxyl groups is 1. The quantitative estimate of drug-likeness (QED) is 0.227. The Balaban J connectivity index is 1.62. The van der Waals surface area contributed by atoms with Crippen LogP contribution in [0.15, 0.2) is 78.4 Å². The molecule has 3 aromatic rings. The first-order chi connectivity index (χ1) is 17.7. The molecule has 1 saturated heterocycles. The monoisotopic (exact) mass is 518 g/mol. The summed E-state index contributed by atoms with van der Waals surface area (Å²) in [6.45, 7) is 3.60. The predicted octanol–water partition coefficient (Wildman–Crippen LogP) is 5.60. The molecule has 0 unspecified atom stereocenters. The number of rotatable bonds is 9. The van der Waals surface area contributed by atoms with Crippen LogP contribution in [0.3, 0.4) is 0 Å². The lowest BCUT2D eigenvalue weighted by molar-refractivity contribution is -0.139. The molecule has 1 heterocycles. The molecule has 192 valence electrons. The summed E-state index contributed by atoms with van der Waals surface area (Å²) in [5.74, 6) is -0.879. The molecule has 3 aromatic carbocycles. The van der Waals surface area contributed by atoms with Gasteiger partial charge >= 0.3 is 0 Å². The van der Waals surface area contributed by atoms with E-state index in [-0.39, 0.29) is 11.3 Å². The molecule has 1 N–H and O–H groups in total. The van der Waals surface area contributed by atoms with E-state index in [1.807, 2.05) is 44.1 Å². The number of likely N-dealkylation sites (tertiary alicyclic amines) is 1. The molecule has 0 spiro atoms. The first-order valence-corrected chi connectivity index (χ1v) is 12.6. The van der Waals surface area contributed by atoms with Crippen LogP contribution in [0, 0.1) is 6.92 Å². The zero-order valence-electron chi connectivity index (χ0n) is 21.3. The molecule has 0 bridgehead atoms. The number of carbonyl (C=O) groups is 2. The molecule has 1 amide bonds. The molecule has 0 aliphatic carbocycles. The fourth-order valence-electron chi connectivity index (χ4n) is 4.49. The highest BCUT2D eigenvalue weighted by Gasteiger charge is 2.45. The minimum atomic E-state index is -0.698. The number of benzene rings is 3.